The van der Waals surface area contributed by atoms with E-state index >= 15 is 0 Å². The van der Waals surface area contributed by atoms with Crippen molar-refractivity contribution in [2.75, 3.05) is 6.54 Å². The molecule has 0 unspecified atom stereocenters. The van der Waals surface area contributed by atoms with Crippen LogP contribution in [0.4, 0.5) is 0 Å². The summed E-state index contributed by atoms with van der Waals surface area (Å²) in [7, 11) is 0. The molecule has 1 aliphatic rings. The third kappa shape index (κ3) is 2.70. The standard InChI is InChI=1S/C21H21N5O2/c1-12-9-14-15(10-13(12)2)23-20(22-14)18-5-3-7-26(18)21(27)17-11-16(24-25-17)19-6-4-8-28-19/h4,6,8-11,18H,3,5,7H2,1-2H3,(H,22,23)(H,24,25)/t18-/m0/s1. The molecule has 1 saturated heterocycles. The van der Waals surface area contributed by atoms with Gasteiger partial charge in [0.1, 0.15) is 11.5 Å². The van der Waals surface area contributed by atoms with Crippen LogP contribution in [0.1, 0.15) is 46.3 Å². The van der Waals surface area contributed by atoms with E-state index in [2.05, 4.69) is 41.2 Å². The lowest BCUT2D eigenvalue weighted by Crippen LogP contribution is -2.31. The van der Waals surface area contributed by atoms with Gasteiger partial charge in [-0.2, -0.15) is 5.10 Å². The molecule has 0 aliphatic carbocycles. The number of H-pyrrole nitrogens is 2. The van der Waals surface area contributed by atoms with Gasteiger partial charge in [-0.05, 0) is 62.1 Å². The summed E-state index contributed by atoms with van der Waals surface area (Å²) in [6, 6.07) is 9.52. The van der Waals surface area contributed by atoms with Crippen molar-refractivity contribution in [2.45, 2.75) is 32.7 Å². The number of carbonyl (C=O) groups is 1. The van der Waals surface area contributed by atoms with Crippen LogP contribution in [0.15, 0.2) is 41.0 Å². The Balaban J connectivity index is 1.44. The fourth-order valence-corrected chi connectivity index (χ4v) is 3.88. The maximum absolute atomic E-state index is 13.1. The summed E-state index contributed by atoms with van der Waals surface area (Å²) in [5, 5.41) is 7.09. The highest BCUT2D eigenvalue weighted by Crippen LogP contribution is 2.33. The molecule has 1 atom stereocenters. The van der Waals surface area contributed by atoms with Crippen molar-refractivity contribution in [3.8, 4) is 11.5 Å². The molecule has 4 heterocycles. The zero-order valence-electron chi connectivity index (χ0n) is 15.8. The van der Waals surface area contributed by atoms with E-state index in [9.17, 15) is 4.79 Å². The minimum atomic E-state index is -0.0932. The molecule has 0 saturated carbocycles. The molecular formula is C21H21N5O2. The number of hydrogen-bond acceptors (Lipinski definition) is 4. The highest BCUT2D eigenvalue weighted by atomic mass is 16.3. The lowest BCUT2D eigenvalue weighted by Gasteiger charge is -2.22. The number of nitrogens with zero attached hydrogens (tertiary/aromatic N) is 3. The Hall–Kier alpha value is -3.35. The zero-order valence-corrected chi connectivity index (χ0v) is 15.8. The predicted molar refractivity (Wildman–Crippen MR) is 105 cm³/mol. The summed E-state index contributed by atoms with van der Waals surface area (Å²) in [4.78, 5) is 23.2. The predicted octanol–water partition coefficient (Wildman–Crippen LogP) is 4.14. The summed E-state index contributed by atoms with van der Waals surface area (Å²) < 4.78 is 5.37. The van der Waals surface area contributed by atoms with Crippen LogP contribution in [0.5, 0.6) is 0 Å². The van der Waals surface area contributed by atoms with Crippen molar-refractivity contribution in [1.82, 2.24) is 25.1 Å². The number of carbonyl (C=O) groups excluding carboxylic acids is 1. The van der Waals surface area contributed by atoms with Crippen LogP contribution >= 0.6 is 0 Å². The number of fused-ring (bicyclic) bond motifs is 1. The van der Waals surface area contributed by atoms with Crippen LogP contribution in [0.25, 0.3) is 22.5 Å². The summed E-state index contributed by atoms with van der Waals surface area (Å²) in [6.45, 7) is 4.87. The van der Waals surface area contributed by atoms with Gasteiger partial charge in [0.25, 0.3) is 5.91 Å². The Morgan fingerprint density at radius 1 is 1.25 bits per heavy atom. The van der Waals surface area contributed by atoms with Gasteiger partial charge < -0.3 is 14.3 Å². The van der Waals surface area contributed by atoms with Gasteiger partial charge in [-0.15, -0.1) is 0 Å². The number of hydrogen-bond donors (Lipinski definition) is 2. The van der Waals surface area contributed by atoms with E-state index in [4.69, 9.17) is 9.40 Å². The fraction of sp³-hybridized carbons (Fsp3) is 0.286. The average molecular weight is 375 g/mol. The topological polar surface area (TPSA) is 90.8 Å². The Morgan fingerprint density at radius 2 is 2.11 bits per heavy atom. The second-order valence-electron chi connectivity index (χ2n) is 7.38. The van der Waals surface area contributed by atoms with Crippen LogP contribution in [0.2, 0.25) is 0 Å². The smallest absolute Gasteiger partial charge is 0.274 e. The molecule has 1 fully saturated rings. The van der Waals surface area contributed by atoms with Gasteiger partial charge in [0.15, 0.2) is 11.5 Å². The van der Waals surface area contributed by atoms with Gasteiger partial charge in [0.05, 0.1) is 23.3 Å². The van der Waals surface area contributed by atoms with Gasteiger partial charge in [-0.1, -0.05) is 0 Å². The monoisotopic (exact) mass is 375 g/mol. The van der Waals surface area contributed by atoms with Crippen LogP contribution in [0.3, 0.4) is 0 Å². The van der Waals surface area contributed by atoms with E-state index in [1.54, 1.807) is 18.4 Å². The summed E-state index contributed by atoms with van der Waals surface area (Å²) in [5.41, 5.74) is 5.48. The third-order valence-electron chi connectivity index (χ3n) is 5.53. The van der Waals surface area contributed by atoms with Gasteiger partial charge >= 0.3 is 0 Å². The van der Waals surface area contributed by atoms with Crippen LogP contribution in [-0.4, -0.2) is 37.5 Å². The van der Waals surface area contributed by atoms with E-state index in [0.29, 0.717) is 23.7 Å². The molecular weight excluding hydrogens is 354 g/mol. The molecule has 142 valence electrons. The highest BCUT2D eigenvalue weighted by molar-refractivity contribution is 5.93. The number of aromatic amines is 2. The molecule has 7 heteroatoms. The van der Waals surface area contributed by atoms with E-state index in [0.717, 1.165) is 29.7 Å². The Labute approximate surface area is 161 Å². The molecule has 2 N–H and O–H groups in total. The first kappa shape index (κ1) is 16.8. The van der Waals surface area contributed by atoms with Crippen molar-refractivity contribution in [1.29, 1.82) is 0 Å². The number of likely N-dealkylation sites (tertiary alicyclic amines) is 1. The molecule has 1 amide bonds. The number of benzene rings is 1. The molecule has 0 radical (unpaired) electrons. The first-order valence-corrected chi connectivity index (χ1v) is 9.47. The van der Waals surface area contributed by atoms with Gasteiger partial charge in [-0.25, -0.2) is 4.98 Å². The van der Waals surface area contributed by atoms with E-state index in [1.165, 1.54) is 11.1 Å². The van der Waals surface area contributed by atoms with Crippen LogP contribution in [-0.2, 0) is 0 Å². The molecule has 0 spiro atoms. The van der Waals surface area contributed by atoms with E-state index in [1.807, 2.05) is 11.0 Å². The largest absolute Gasteiger partial charge is 0.463 e. The van der Waals surface area contributed by atoms with Gasteiger partial charge in [-0.3, -0.25) is 9.89 Å². The van der Waals surface area contributed by atoms with Crippen molar-refractivity contribution < 1.29 is 9.21 Å². The number of aryl methyl sites for hydroxylation is 2. The Morgan fingerprint density at radius 3 is 2.93 bits per heavy atom. The normalized spacial score (nSPS) is 16.9. The molecule has 0 bridgehead atoms. The van der Waals surface area contributed by atoms with Crippen LogP contribution < -0.4 is 0 Å². The molecule has 1 aliphatic heterocycles. The minimum Gasteiger partial charge on any atom is -0.463 e. The van der Waals surface area contributed by atoms with Crippen LogP contribution in [0, 0.1) is 13.8 Å². The Bertz CT molecular complexity index is 1120. The SMILES string of the molecule is Cc1cc2nc([C@@H]3CCCN3C(=O)c3cc(-c4ccco4)[nH]n3)[nH]c2cc1C. The second-order valence-corrected chi connectivity index (χ2v) is 7.38. The summed E-state index contributed by atoms with van der Waals surface area (Å²) in [6.07, 6.45) is 3.43. The van der Waals surface area contributed by atoms with Crippen molar-refractivity contribution in [3.05, 3.63) is 59.2 Å². The lowest BCUT2D eigenvalue weighted by molar-refractivity contribution is 0.0724. The Kier molecular flexibility index (Phi) is 3.82. The molecule has 4 aromatic rings. The maximum atomic E-state index is 13.1. The fourth-order valence-electron chi connectivity index (χ4n) is 3.88. The lowest BCUT2D eigenvalue weighted by atomic mass is 10.1. The van der Waals surface area contributed by atoms with E-state index in [-0.39, 0.29) is 11.9 Å². The molecule has 7 nitrogen and oxygen atoms in total. The molecule has 1 aromatic carbocycles. The van der Waals surface area contributed by atoms with Crippen molar-refractivity contribution in [3.63, 3.8) is 0 Å². The molecule has 3 aromatic heterocycles. The minimum absolute atomic E-state index is 0.0655. The van der Waals surface area contributed by atoms with Crippen molar-refractivity contribution in [2.24, 2.45) is 0 Å². The van der Waals surface area contributed by atoms with Crippen molar-refractivity contribution >= 4 is 16.9 Å². The second kappa shape index (κ2) is 6.37. The third-order valence-corrected chi connectivity index (χ3v) is 5.53. The van der Waals surface area contributed by atoms with Gasteiger partial charge in [0, 0.05) is 12.6 Å². The number of nitrogens with one attached hydrogen (secondary N) is 2. The van der Waals surface area contributed by atoms with E-state index < -0.39 is 0 Å². The highest BCUT2D eigenvalue weighted by Gasteiger charge is 2.34. The average Bonchev–Trinajstić information content (AvgIpc) is 3.45. The number of aromatic nitrogens is 4. The molecule has 5 rings (SSSR count). The summed E-state index contributed by atoms with van der Waals surface area (Å²) in [5.74, 6) is 1.41. The first-order chi connectivity index (χ1) is 13.6. The zero-order chi connectivity index (χ0) is 19.3. The number of rotatable bonds is 3. The number of furan rings is 1. The maximum Gasteiger partial charge on any atom is 0.274 e. The van der Waals surface area contributed by atoms with Gasteiger partial charge in [0.2, 0.25) is 0 Å². The first-order valence-electron chi connectivity index (χ1n) is 9.47. The molecule has 28 heavy (non-hydrogen) atoms. The number of amides is 1. The quantitative estimate of drug-likeness (QED) is 0.563. The number of imidazole rings is 1. The summed E-state index contributed by atoms with van der Waals surface area (Å²) >= 11 is 0.